The first-order valence-electron chi connectivity index (χ1n) is 14.1. The summed E-state index contributed by atoms with van der Waals surface area (Å²) in [6.45, 7) is 2.27. The van der Waals surface area contributed by atoms with E-state index in [9.17, 15) is 19.2 Å². The van der Waals surface area contributed by atoms with E-state index in [0.717, 1.165) is 15.6 Å². The monoisotopic (exact) mass is 584 g/mol. The number of amides is 3. The summed E-state index contributed by atoms with van der Waals surface area (Å²) in [5.74, 6) is -0.390. The van der Waals surface area contributed by atoms with Gasteiger partial charge < -0.3 is 24.4 Å². The fraction of sp³-hybridized carbons (Fsp3) is 0.312. The molecule has 2 atom stereocenters. The Hall–Kier alpha value is -4.44. The molecule has 2 aliphatic rings. The number of hydrogen-bond acceptors (Lipinski definition) is 6. The first-order chi connectivity index (χ1) is 20.4. The lowest BCUT2D eigenvalue weighted by atomic mass is 9.88. The van der Waals surface area contributed by atoms with Gasteiger partial charge in [-0.1, -0.05) is 30.3 Å². The molecule has 1 fully saturated rings. The fourth-order valence-electron chi connectivity index (χ4n) is 5.76. The molecule has 0 saturated carbocycles. The van der Waals surface area contributed by atoms with E-state index in [0.29, 0.717) is 55.4 Å². The maximum atomic E-state index is 13.5. The van der Waals surface area contributed by atoms with Gasteiger partial charge in [-0.05, 0) is 47.7 Å². The highest BCUT2D eigenvalue weighted by atomic mass is 32.1. The Morgan fingerprint density at radius 1 is 0.905 bits per heavy atom. The van der Waals surface area contributed by atoms with Crippen LogP contribution < -0.4 is 15.6 Å². The van der Waals surface area contributed by atoms with Crippen molar-refractivity contribution in [3.05, 3.63) is 99.3 Å². The summed E-state index contributed by atoms with van der Waals surface area (Å²) in [5, 5.41) is 4.11. The van der Waals surface area contributed by atoms with Crippen molar-refractivity contribution in [1.82, 2.24) is 19.7 Å². The molecule has 2 aromatic carbocycles. The number of nitrogens with zero attached hydrogens (tertiary/aromatic N) is 3. The smallest absolute Gasteiger partial charge is 0.264 e. The maximum absolute atomic E-state index is 13.5. The summed E-state index contributed by atoms with van der Waals surface area (Å²) in [4.78, 5) is 56.4. The highest BCUT2D eigenvalue weighted by molar-refractivity contribution is 7.20. The lowest BCUT2D eigenvalue weighted by molar-refractivity contribution is -0.124. The summed E-state index contributed by atoms with van der Waals surface area (Å²) in [7, 11) is 1.61. The molecule has 10 heteroatoms. The van der Waals surface area contributed by atoms with E-state index in [2.05, 4.69) is 5.32 Å². The Morgan fingerprint density at radius 3 is 2.57 bits per heavy atom. The molecule has 2 aliphatic heterocycles. The van der Waals surface area contributed by atoms with Crippen LogP contribution in [0.2, 0.25) is 0 Å². The highest BCUT2D eigenvalue weighted by Gasteiger charge is 2.40. The van der Waals surface area contributed by atoms with E-state index in [1.165, 1.54) is 34.2 Å². The van der Waals surface area contributed by atoms with Gasteiger partial charge in [-0.15, -0.1) is 11.3 Å². The van der Waals surface area contributed by atoms with E-state index in [4.69, 9.17) is 4.74 Å². The number of aromatic nitrogens is 1. The molecule has 1 saturated heterocycles. The molecule has 0 spiro atoms. The number of rotatable bonds is 2. The second-order valence-electron chi connectivity index (χ2n) is 10.8. The molecule has 6 rings (SSSR count). The third-order valence-corrected chi connectivity index (χ3v) is 9.12. The summed E-state index contributed by atoms with van der Waals surface area (Å²) in [6.07, 6.45) is 2.12. The third kappa shape index (κ3) is 5.67. The van der Waals surface area contributed by atoms with Gasteiger partial charge in [0.2, 0.25) is 11.5 Å². The Labute approximate surface area is 247 Å². The Bertz CT molecular complexity index is 1680. The topological polar surface area (TPSA) is 101 Å². The maximum Gasteiger partial charge on any atom is 0.264 e. The molecule has 216 valence electrons. The number of nitrogens with one attached hydrogen (secondary N) is 1. The van der Waals surface area contributed by atoms with Gasteiger partial charge in [-0.3, -0.25) is 19.2 Å². The fourth-order valence-corrected chi connectivity index (χ4v) is 6.79. The number of hydrogen-bond donors (Lipinski definition) is 1. The molecule has 3 amide bonds. The van der Waals surface area contributed by atoms with Gasteiger partial charge in [0.15, 0.2) is 0 Å². The van der Waals surface area contributed by atoms with Crippen LogP contribution in [0.3, 0.4) is 0 Å². The Balaban J connectivity index is 1.21. The molecule has 0 aliphatic carbocycles. The van der Waals surface area contributed by atoms with Gasteiger partial charge >= 0.3 is 0 Å². The van der Waals surface area contributed by atoms with Crippen molar-refractivity contribution in [2.75, 3.05) is 39.3 Å². The number of ether oxygens (including phenoxy) is 1. The number of carbonyl (C=O) groups excluding carboxylic acids is 3. The molecule has 2 aromatic heterocycles. The average molecular weight is 585 g/mol. The van der Waals surface area contributed by atoms with Crippen molar-refractivity contribution in [3.8, 4) is 5.75 Å². The van der Waals surface area contributed by atoms with Gasteiger partial charge in [0.25, 0.3) is 11.8 Å². The van der Waals surface area contributed by atoms with Crippen molar-refractivity contribution in [2.24, 2.45) is 13.0 Å². The van der Waals surface area contributed by atoms with Crippen LogP contribution >= 0.6 is 11.3 Å². The van der Waals surface area contributed by atoms with Crippen LogP contribution in [-0.2, 0) is 11.8 Å². The zero-order valence-corrected chi connectivity index (χ0v) is 24.1. The summed E-state index contributed by atoms with van der Waals surface area (Å²) >= 11 is 1.48. The Kier molecular flexibility index (Phi) is 7.80. The zero-order valence-electron chi connectivity index (χ0n) is 23.3. The van der Waals surface area contributed by atoms with Crippen LogP contribution in [0.25, 0.3) is 10.1 Å². The lowest BCUT2D eigenvalue weighted by Gasteiger charge is -2.24. The second kappa shape index (κ2) is 11.8. The molecule has 0 unspecified atom stereocenters. The largest absolute Gasteiger partial charge is 0.492 e. The van der Waals surface area contributed by atoms with Crippen LogP contribution in [0.1, 0.15) is 37.9 Å². The second-order valence-corrected chi connectivity index (χ2v) is 11.9. The minimum Gasteiger partial charge on any atom is -0.492 e. The first kappa shape index (κ1) is 27.7. The number of likely N-dealkylation sites (tertiary alicyclic amines) is 1. The van der Waals surface area contributed by atoms with Gasteiger partial charge in [-0.2, -0.15) is 0 Å². The van der Waals surface area contributed by atoms with E-state index >= 15 is 0 Å². The minimum atomic E-state index is -0.448. The van der Waals surface area contributed by atoms with Crippen LogP contribution in [0.5, 0.6) is 5.75 Å². The highest BCUT2D eigenvalue weighted by Crippen LogP contribution is 2.35. The van der Waals surface area contributed by atoms with Crippen molar-refractivity contribution < 1.29 is 19.1 Å². The van der Waals surface area contributed by atoms with E-state index < -0.39 is 5.92 Å². The molecule has 4 heterocycles. The SMILES string of the molecule is Cn1cc(C(=O)N2C[C@@H]3C(=O)NCCCN(C(=O)c4cc5ccccc5s4)CCOc4cccc(c4)[C@H]3C2)ccc1=O. The van der Waals surface area contributed by atoms with Crippen LogP contribution in [-0.4, -0.2) is 71.4 Å². The van der Waals surface area contributed by atoms with Gasteiger partial charge in [0.1, 0.15) is 12.4 Å². The van der Waals surface area contributed by atoms with Gasteiger partial charge in [0, 0.05) is 56.1 Å². The van der Waals surface area contributed by atoms with Gasteiger partial charge in [0.05, 0.1) is 22.9 Å². The van der Waals surface area contributed by atoms with Crippen molar-refractivity contribution >= 4 is 39.1 Å². The number of fused-ring (bicyclic) bond motifs is 5. The van der Waals surface area contributed by atoms with Crippen LogP contribution in [0, 0.1) is 5.92 Å². The molecule has 42 heavy (non-hydrogen) atoms. The van der Waals surface area contributed by atoms with E-state index in [1.54, 1.807) is 16.8 Å². The first-order valence-corrected chi connectivity index (χ1v) is 14.9. The van der Waals surface area contributed by atoms with Crippen molar-refractivity contribution in [2.45, 2.75) is 12.3 Å². The standard InChI is InChI=1S/C32H32N4O5S/c1-34-18-23(10-11-29(34)37)31(39)36-19-25-21-7-4-8-24(16-21)41-15-14-35(13-5-12-33-30(38)26(25)20-36)32(40)28-17-22-6-2-3-9-27(22)42-28/h2-4,6-11,16-18,25-26H,5,12-15,19-20H2,1H3,(H,33,38)/t25-,26+/m1/s1. The van der Waals surface area contributed by atoms with Gasteiger partial charge in [-0.25, -0.2) is 0 Å². The zero-order chi connectivity index (χ0) is 29.2. The molecule has 9 nitrogen and oxygen atoms in total. The van der Waals surface area contributed by atoms with E-state index in [-0.39, 0.29) is 35.7 Å². The number of benzene rings is 2. The van der Waals surface area contributed by atoms with Crippen molar-refractivity contribution in [3.63, 3.8) is 0 Å². The molecular formula is C32H32N4O5S. The summed E-state index contributed by atoms with van der Waals surface area (Å²) in [5.41, 5.74) is 1.13. The molecule has 2 bridgehead atoms. The minimum absolute atomic E-state index is 0.0459. The molecule has 0 radical (unpaired) electrons. The number of thiophene rings is 1. The molecule has 4 aromatic rings. The third-order valence-electron chi connectivity index (χ3n) is 8.02. The average Bonchev–Trinajstić information content (AvgIpc) is 3.64. The lowest BCUT2D eigenvalue weighted by Crippen LogP contribution is -2.39. The molecular weight excluding hydrogens is 552 g/mol. The normalized spacial score (nSPS) is 19.5. The van der Waals surface area contributed by atoms with Crippen LogP contribution in [0.15, 0.2) is 77.7 Å². The number of pyridine rings is 1. The number of aryl methyl sites for hydroxylation is 1. The summed E-state index contributed by atoms with van der Waals surface area (Å²) in [6, 6.07) is 20.4. The quantitative estimate of drug-likeness (QED) is 0.389. The Morgan fingerprint density at radius 2 is 1.74 bits per heavy atom. The predicted molar refractivity (Wildman–Crippen MR) is 161 cm³/mol. The predicted octanol–water partition coefficient (Wildman–Crippen LogP) is 3.50. The van der Waals surface area contributed by atoms with Crippen LogP contribution in [0.4, 0.5) is 0 Å². The van der Waals surface area contributed by atoms with Crippen molar-refractivity contribution in [1.29, 1.82) is 0 Å². The van der Waals surface area contributed by atoms with E-state index in [1.807, 2.05) is 54.6 Å². The number of carbonyl (C=O) groups is 3. The molecule has 1 N–H and O–H groups in total. The summed E-state index contributed by atoms with van der Waals surface area (Å²) < 4.78 is 8.55.